The average Bonchev–Trinajstić information content (AvgIpc) is 2.55. The Morgan fingerprint density at radius 3 is 2.76 bits per heavy atom. The summed E-state index contributed by atoms with van der Waals surface area (Å²) in [5.74, 6) is 0.951. The second kappa shape index (κ2) is 6.80. The topological polar surface area (TPSA) is 49.2 Å². The first-order valence-electron chi connectivity index (χ1n) is 7.71. The summed E-state index contributed by atoms with van der Waals surface area (Å²) in [4.78, 5) is 13.5. The smallest absolute Gasteiger partial charge is 0.351 e. The normalized spacial score (nSPS) is 21.8. The lowest BCUT2D eigenvalue weighted by atomic mass is 10.1. The minimum absolute atomic E-state index is 0.215. The second-order valence-corrected chi connectivity index (χ2v) is 5.59. The lowest BCUT2D eigenvalue weighted by molar-refractivity contribution is -0.905. The maximum Gasteiger partial charge on any atom is 0.351 e. The van der Waals surface area contributed by atoms with E-state index in [1.165, 1.54) is 37.3 Å². The van der Waals surface area contributed by atoms with Crippen LogP contribution in [-0.2, 0) is 9.53 Å². The van der Waals surface area contributed by atoms with Crippen LogP contribution in [0.3, 0.4) is 0 Å². The SMILES string of the molecule is O=C(OCC[NH+]1CCCCC1)[C@H]1COc2ccccc2O1. The second-order valence-electron chi connectivity index (χ2n) is 5.59. The number of rotatable bonds is 4. The standard InChI is InChI=1S/C16H21NO4/c18-16(19-11-10-17-8-4-1-5-9-17)15-12-20-13-6-2-3-7-14(13)21-15/h2-3,6-7,15H,1,4-5,8-12H2/p+1/t15-/m1/s1. The van der Waals surface area contributed by atoms with E-state index in [4.69, 9.17) is 14.2 Å². The molecule has 21 heavy (non-hydrogen) atoms. The number of piperidine rings is 1. The largest absolute Gasteiger partial charge is 0.485 e. The van der Waals surface area contributed by atoms with E-state index in [1.54, 1.807) is 6.07 Å². The van der Waals surface area contributed by atoms with Gasteiger partial charge >= 0.3 is 5.97 Å². The van der Waals surface area contributed by atoms with Gasteiger partial charge in [0.15, 0.2) is 11.5 Å². The first-order chi connectivity index (χ1) is 10.3. The molecule has 0 unspecified atom stereocenters. The summed E-state index contributed by atoms with van der Waals surface area (Å²) >= 11 is 0. The Morgan fingerprint density at radius 2 is 1.95 bits per heavy atom. The Morgan fingerprint density at radius 1 is 1.19 bits per heavy atom. The van der Waals surface area contributed by atoms with Crippen LogP contribution in [0.25, 0.3) is 0 Å². The molecule has 2 aliphatic heterocycles. The van der Waals surface area contributed by atoms with Crippen molar-refractivity contribution in [3.63, 3.8) is 0 Å². The number of hydrogen-bond acceptors (Lipinski definition) is 4. The van der Waals surface area contributed by atoms with Crippen LogP contribution in [0.4, 0.5) is 0 Å². The van der Waals surface area contributed by atoms with Crippen molar-refractivity contribution in [1.82, 2.24) is 0 Å². The van der Waals surface area contributed by atoms with Gasteiger partial charge in [0.2, 0.25) is 6.10 Å². The van der Waals surface area contributed by atoms with E-state index >= 15 is 0 Å². The number of nitrogens with one attached hydrogen (secondary N) is 1. The summed E-state index contributed by atoms with van der Waals surface area (Å²) in [6, 6.07) is 7.36. The maximum atomic E-state index is 12.0. The summed E-state index contributed by atoms with van der Waals surface area (Å²) in [7, 11) is 0. The minimum atomic E-state index is -0.656. The summed E-state index contributed by atoms with van der Waals surface area (Å²) in [6.07, 6.45) is 3.23. The molecule has 2 heterocycles. The zero-order valence-corrected chi connectivity index (χ0v) is 12.2. The summed E-state index contributed by atoms with van der Waals surface area (Å²) in [5.41, 5.74) is 0. The molecule has 0 aromatic heterocycles. The van der Waals surface area contributed by atoms with E-state index in [1.807, 2.05) is 18.2 Å². The van der Waals surface area contributed by atoms with Crippen molar-refractivity contribution in [2.24, 2.45) is 0 Å². The molecule has 0 spiro atoms. The van der Waals surface area contributed by atoms with Gasteiger partial charge in [-0.1, -0.05) is 12.1 Å². The molecule has 5 nitrogen and oxygen atoms in total. The Labute approximate surface area is 124 Å². The van der Waals surface area contributed by atoms with Crippen LogP contribution in [0.1, 0.15) is 19.3 Å². The lowest BCUT2D eigenvalue weighted by Gasteiger charge is -2.26. The van der Waals surface area contributed by atoms with Crippen LogP contribution in [0.2, 0.25) is 0 Å². The number of hydrogen-bond donors (Lipinski definition) is 1. The Balaban J connectivity index is 1.44. The third-order valence-corrected chi connectivity index (χ3v) is 4.03. The molecule has 2 aliphatic rings. The van der Waals surface area contributed by atoms with Crippen LogP contribution >= 0.6 is 0 Å². The number of quaternary nitrogens is 1. The molecular weight excluding hydrogens is 270 g/mol. The lowest BCUT2D eigenvalue weighted by Crippen LogP contribution is -3.13. The highest BCUT2D eigenvalue weighted by molar-refractivity contribution is 5.75. The molecule has 1 fully saturated rings. The molecule has 1 N–H and O–H groups in total. The van der Waals surface area contributed by atoms with E-state index in [9.17, 15) is 4.79 Å². The first-order valence-corrected chi connectivity index (χ1v) is 7.71. The molecule has 3 rings (SSSR count). The Kier molecular flexibility index (Phi) is 4.60. The number of ether oxygens (including phenoxy) is 3. The highest BCUT2D eigenvalue weighted by atomic mass is 16.6. The van der Waals surface area contributed by atoms with Crippen molar-refractivity contribution in [3.05, 3.63) is 24.3 Å². The van der Waals surface area contributed by atoms with Crippen LogP contribution < -0.4 is 14.4 Å². The fourth-order valence-corrected chi connectivity index (χ4v) is 2.83. The van der Waals surface area contributed by atoms with Crippen molar-refractivity contribution in [1.29, 1.82) is 0 Å². The quantitative estimate of drug-likeness (QED) is 0.818. The number of carbonyl (C=O) groups excluding carboxylic acids is 1. The van der Waals surface area contributed by atoms with Crippen molar-refractivity contribution < 1.29 is 23.9 Å². The zero-order valence-electron chi connectivity index (χ0n) is 12.2. The van der Waals surface area contributed by atoms with Crippen LogP contribution in [0.15, 0.2) is 24.3 Å². The van der Waals surface area contributed by atoms with Crippen molar-refractivity contribution >= 4 is 5.97 Å². The molecule has 0 radical (unpaired) electrons. The summed E-state index contributed by atoms with van der Waals surface area (Å²) in [6.45, 7) is 3.93. The molecule has 5 heteroatoms. The fourth-order valence-electron chi connectivity index (χ4n) is 2.83. The van der Waals surface area contributed by atoms with Crippen LogP contribution in [-0.4, -0.2) is 44.9 Å². The number of carbonyl (C=O) groups is 1. The van der Waals surface area contributed by atoms with Gasteiger partial charge in [-0.3, -0.25) is 0 Å². The summed E-state index contributed by atoms with van der Waals surface area (Å²) < 4.78 is 16.5. The number of para-hydroxylation sites is 2. The van der Waals surface area contributed by atoms with E-state index in [-0.39, 0.29) is 12.6 Å². The molecule has 0 aliphatic carbocycles. The van der Waals surface area contributed by atoms with Gasteiger partial charge in [-0.25, -0.2) is 4.79 Å². The van der Waals surface area contributed by atoms with Gasteiger partial charge in [-0.05, 0) is 31.4 Å². The van der Waals surface area contributed by atoms with Gasteiger partial charge in [-0.15, -0.1) is 0 Å². The fraction of sp³-hybridized carbons (Fsp3) is 0.562. The molecule has 0 bridgehead atoms. The zero-order chi connectivity index (χ0) is 14.5. The molecule has 1 aromatic carbocycles. The average molecular weight is 292 g/mol. The molecule has 0 saturated carbocycles. The predicted octanol–water partition coefficient (Wildman–Crippen LogP) is 0.438. The number of fused-ring (bicyclic) bond motifs is 1. The molecule has 0 amide bonds. The Hall–Kier alpha value is -1.75. The molecule has 1 saturated heterocycles. The van der Waals surface area contributed by atoms with Crippen molar-refractivity contribution in [3.8, 4) is 11.5 Å². The van der Waals surface area contributed by atoms with Gasteiger partial charge in [-0.2, -0.15) is 0 Å². The number of benzene rings is 1. The maximum absolute atomic E-state index is 12.0. The van der Waals surface area contributed by atoms with Gasteiger partial charge < -0.3 is 19.1 Å². The third kappa shape index (κ3) is 3.67. The first kappa shape index (κ1) is 14.2. The van der Waals surface area contributed by atoms with Gasteiger partial charge in [0.1, 0.15) is 19.8 Å². The van der Waals surface area contributed by atoms with E-state index in [0.717, 1.165) is 6.54 Å². The van der Waals surface area contributed by atoms with Crippen LogP contribution in [0.5, 0.6) is 11.5 Å². The van der Waals surface area contributed by atoms with E-state index < -0.39 is 6.10 Å². The molecule has 1 atom stereocenters. The van der Waals surface area contributed by atoms with Crippen molar-refractivity contribution in [2.75, 3.05) is 32.8 Å². The Bertz CT molecular complexity index is 485. The van der Waals surface area contributed by atoms with Gasteiger partial charge in [0.25, 0.3) is 0 Å². The van der Waals surface area contributed by atoms with E-state index in [0.29, 0.717) is 18.1 Å². The van der Waals surface area contributed by atoms with Gasteiger partial charge in [0.05, 0.1) is 13.1 Å². The number of likely N-dealkylation sites (tertiary alicyclic amines) is 1. The number of esters is 1. The molecule has 114 valence electrons. The van der Waals surface area contributed by atoms with Gasteiger partial charge in [0, 0.05) is 0 Å². The summed E-state index contributed by atoms with van der Waals surface area (Å²) in [5, 5.41) is 0. The molecular formula is C16H22NO4+. The predicted molar refractivity (Wildman–Crippen MR) is 76.7 cm³/mol. The van der Waals surface area contributed by atoms with Crippen molar-refractivity contribution in [2.45, 2.75) is 25.4 Å². The highest BCUT2D eigenvalue weighted by Crippen LogP contribution is 2.30. The third-order valence-electron chi connectivity index (χ3n) is 4.03. The van der Waals surface area contributed by atoms with Crippen LogP contribution in [0, 0.1) is 0 Å². The molecule has 1 aromatic rings. The monoisotopic (exact) mass is 292 g/mol. The van der Waals surface area contributed by atoms with E-state index in [2.05, 4.69) is 0 Å². The minimum Gasteiger partial charge on any atom is -0.485 e. The highest BCUT2D eigenvalue weighted by Gasteiger charge is 2.28.